The summed E-state index contributed by atoms with van der Waals surface area (Å²) in [6.07, 6.45) is 4.96. The van der Waals surface area contributed by atoms with Gasteiger partial charge in [-0.3, -0.25) is 4.99 Å². The molecule has 0 radical (unpaired) electrons. The maximum atomic E-state index is 10.4. The molecular weight excluding hydrogens is 266 g/mol. The maximum Gasteiger partial charge on any atom is 0.191 e. The molecule has 0 amide bonds. The van der Waals surface area contributed by atoms with Gasteiger partial charge < -0.3 is 20.5 Å². The van der Waals surface area contributed by atoms with E-state index < -0.39 is 5.60 Å². The molecule has 2 saturated carbocycles. The quantitative estimate of drug-likeness (QED) is 0.545. The normalized spacial score (nSPS) is 34.4. The third kappa shape index (κ3) is 3.04. The summed E-state index contributed by atoms with van der Waals surface area (Å²) >= 11 is 0. The molecule has 2 unspecified atom stereocenters. The van der Waals surface area contributed by atoms with E-state index in [4.69, 9.17) is 4.74 Å². The van der Waals surface area contributed by atoms with Gasteiger partial charge in [-0.15, -0.1) is 0 Å². The Balaban J connectivity index is 1.87. The largest absolute Gasteiger partial charge is 0.388 e. The Labute approximate surface area is 128 Å². The van der Waals surface area contributed by atoms with E-state index >= 15 is 0 Å². The fourth-order valence-electron chi connectivity index (χ4n) is 3.54. The summed E-state index contributed by atoms with van der Waals surface area (Å²) in [7, 11) is 3.55. The van der Waals surface area contributed by atoms with Crippen LogP contribution in [0.25, 0.3) is 0 Å². The van der Waals surface area contributed by atoms with E-state index in [1.54, 1.807) is 14.2 Å². The van der Waals surface area contributed by atoms with Gasteiger partial charge in [0.05, 0.1) is 11.2 Å². The zero-order chi connectivity index (χ0) is 15.7. The van der Waals surface area contributed by atoms with Gasteiger partial charge in [-0.2, -0.15) is 0 Å². The molecule has 0 aliphatic heterocycles. The average molecular weight is 297 g/mol. The molecule has 2 atom stereocenters. The van der Waals surface area contributed by atoms with Crippen molar-refractivity contribution < 1.29 is 9.84 Å². The monoisotopic (exact) mass is 297 g/mol. The minimum Gasteiger partial charge on any atom is -0.388 e. The second kappa shape index (κ2) is 5.76. The van der Waals surface area contributed by atoms with Crippen LogP contribution >= 0.6 is 0 Å². The van der Waals surface area contributed by atoms with Gasteiger partial charge in [0.15, 0.2) is 5.96 Å². The standard InChI is InChI=1S/C16H31N3O2/c1-14(2)12(10-15(14,3)21-5)19-13(17-4)18-11-16(20)8-6-7-9-16/h12,20H,6-11H2,1-5H3,(H2,17,18,19). The van der Waals surface area contributed by atoms with Gasteiger partial charge in [0, 0.05) is 32.2 Å². The van der Waals surface area contributed by atoms with E-state index in [0.717, 1.165) is 38.1 Å². The molecule has 2 aliphatic carbocycles. The molecule has 0 heterocycles. The number of rotatable bonds is 4. The lowest BCUT2D eigenvalue weighted by atomic mass is 9.56. The van der Waals surface area contributed by atoms with Crippen molar-refractivity contribution in [3.8, 4) is 0 Å². The highest BCUT2D eigenvalue weighted by Gasteiger charge is 2.58. The third-order valence-electron chi connectivity index (χ3n) is 5.93. The molecule has 122 valence electrons. The summed E-state index contributed by atoms with van der Waals surface area (Å²) in [5.41, 5.74) is -0.607. The second-order valence-electron chi connectivity index (χ2n) is 7.41. The molecule has 3 N–H and O–H groups in total. The fourth-order valence-corrected chi connectivity index (χ4v) is 3.54. The first-order chi connectivity index (χ1) is 9.76. The molecule has 5 heteroatoms. The van der Waals surface area contributed by atoms with E-state index in [-0.39, 0.29) is 11.0 Å². The Morgan fingerprint density at radius 3 is 2.38 bits per heavy atom. The lowest BCUT2D eigenvalue weighted by Gasteiger charge is -2.59. The summed E-state index contributed by atoms with van der Waals surface area (Å²) in [5.74, 6) is 0.770. The van der Waals surface area contributed by atoms with Crippen molar-refractivity contribution in [2.24, 2.45) is 10.4 Å². The highest BCUT2D eigenvalue weighted by Crippen LogP contribution is 2.51. The number of nitrogens with zero attached hydrogens (tertiary/aromatic N) is 1. The van der Waals surface area contributed by atoms with Crippen LogP contribution in [0.1, 0.15) is 52.9 Å². The predicted molar refractivity (Wildman–Crippen MR) is 85.5 cm³/mol. The summed E-state index contributed by atoms with van der Waals surface area (Å²) in [5, 5.41) is 17.2. The van der Waals surface area contributed by atoms with Gasteiger partial charge in [-0.1, -0.05) is 26.7 Å². The van der Waals surface area contributed by atoms with Crippen LogP contribution in [0.5, 0.6) is 0 Å². The van der Waals surface area contributed by atoms with Crippen molar-refractivity contribution in [1.29, 1.82) is 0 Å². The highest BCUT2D eigenvalue weighted by molar-refractivity contribution is 5.80. The van der Waals surface area contributed by atoms with Gasteiger partial charge in [0.2, 0.25) is 0 Å². The first-order valence-electron chi connectivity index (χ1n) is 8.01. The first kappa shape index (κ1) is 16.6. The van der Waals surface area contributed by atoms with Crippen LogP contribution in [-0.2, 0) is 4.74 Å². The third-order valence-corrected chi connectivity index (χ3v) is 5.93. The van der Waals surface area contributed by atoms with E-state index in [0.29, 0.717) is 12.6 Å². The van der Waals surface area contributed by atoms with Gasteiger partial charge in [-0.05, 0) is 26.2 Å². The minimum atomic E-state index is -0.562. The molecule has 2 aliphatic rings. The highest BCUT2D eigenvalue weighted by atomic mass is 16.5. The molecule has 0 aromatic heterocycles. The molecule has 0 aromatic rings. The molecule has 21 heavy (non-hydrogen) atoms. The molecule has 5 nitrogen and oxygen atoms in total. The van der Waals surface area contributed by atoms with Crippen molar-refractivity contribution >= 4 is 5.96 Å². The Kier molecular flexibility index (Phi) is 4.54. The van der Waals surface area contributed by atoms with Crippen molar-refractivity contribution in [1.82, 2.24) is 10.6 Å². The van der Waals surface area contributed by atoms with Crippen LogP contribution in [0.2, 0.25) is 0 Å². The molecule has 0 aromatic carbocycles. The van der Waals surface area contributed by atoms with Crippen molar-refractivity contribution in [2.75, 3.05) is 20.7 Å². The summed E-state index contributed by atoms with van der Waals surface area (Å²) in [6, 6.07) is 0.326. The Morgan fingerprint density at radius 1 is 1.29 bits per heavy atom. The molecule has 2 rings (SSSR count). The average Bonchev–Trinajstić information content (AvgIpc) is 2.89. The van der Waals surface area contributed by atoms with Crippen LogP contribution in [0.4, 0.5) is 0 Å². The van der Waals surface area contributed by atoms with Crippen molar-refractivity contribution in [3.05, 3.63) is 0 Å². The van der Waals surface area contributed by atoms with Crippen LogP contribution in [0.3, 0.4) is 0 Å². The number of methoxy groups -OCH3 is 1. The number of ether oxygens (including phenoxy) is 1. The van der Waals surface area contributed by atoms with E-state index in [1.807, 2.05) is 0 Å². The van der Waals surface area contributed by atoms with Gasteiger partial charge in [0.25, 0.3) is 0 Å². The van der Waals surface area contributed by atoms with E-state index in [9.17, 15) is 5.11 Å². The molecule has 2 fully saturated rings. The number of aliphatic hydroxyl groups is 1. The number of hydrogen-bond acceptors (Lipinski definition) is 3. The van der Waals surface area contributed by atoms with Gasteiger partial charge in [-0.25, -0.2) is 0 Å². The lowest BCUT2D eigenvalue weighted by molar-refractivity contribution is -0.176. The second-order valence-corrected chi connectivity index (χ2v) is 7.41. The lowest BCUT2D eigenvalue weighted by Crippen LogP contribution is -2.69. The van der Waals surface area contributed by atoms with Crippen LogP contribution in [0.15, 0.2) is 4.99 Å². The summed E-state index contributed by atoms with van der Waals surface area (Å²) < 4.78 is 5.65. The smallest absolute Gasteiger partial charge is 0.191 e. The molecular formula is C16H31N3O2. The zero-order valence-corrected chi connectivity index (χ0v) is 14.1. The van der Waals surface area contributed by atoms with E-state index in [2.05, 4.69) is 36.4 Å². The number of guanidine groups is 1. The minimum absolute atomic E-state index is 0.0453. The van der Waals surface area contributed by atoms with Crippen molar-refractivity contribution in [3.63, 3.8) is 0 Å². The maximum absolute atomic E-state index is 10.4. The number of hydrogen-bond donors (Lipinski definition) is 3. The first-order valence-corrected chi connectivity index (χ1v) is 8.01. The van der Waals surface area contributed by atoms with Gasteiger partial charge >= 0.3 is 0 Å². The number of aliphatic imine (C=N–C) groups is 1. The Morgan fingerprint density at radius 2 is 1.90 bits per heavy atom. The SMILES string of the molecule is CN=C(NCC1(O)CCCC1)NC1CC(C)(OC)C1(C)C. The molecule has 0 saturated heterocycles. The Bertz CT molecular complexity index is 402. The molecule has 0 bridgehead atoms. The topological polar surface area (TPSA) is 65.9 Å². The van der Waals surface area contributed by atoms with Crippen LogP contribution in [-0.4, -0.2) is 49.0 Å². The summed E-state index contributed by atoms with van der Waals surface area (Å²) in [4.78, 5) is 4.28. The molecule has 0 spiro atoms. The van der Waals surface area contributed by atoms with E-state index in [1.165, 1.54) is 0 Å². The van der Waals surface area contributed by atoms with Crippen LogP contribution < -0.4 is 10.6 Å². The van der Waals surface area contributed by atoms with Crippen LogP contribution in [0, 0.1) is 5.41 Å². The fraction of sp³-hybridized carbons (Fsp3) is 0.938. The summed E-state index contributed by atoms with van der Waals surface area (Å²) in [6.45, 7) is 7.16. The predicted octanol–water partition coefficient (Wildman–Crippen LogP) is 1.66. The Hall–Kier alpha value is -0.810. The zero-order valence-electron chi connectivity index (χ0n) is 14.1. The number of nitrogens with one attached hydrogen (secondary N) is 2. The van der Waals surface area contributed by atoms with Crippen molar-refractivity contribution in [2.45, 2.75) is 70.1 Å². The van der Waals surface area contributed by atoms with Gasteiger partial charge in [0.1, 0.15) is 0 Å².